The lowest BCUT2D eigenvalue weighted by molar-refractivity contribution is 0.0951. The number of hydrogen-bond acceptors (Lipinski definition) is 2. The zero-order valence-corrected chi connectivity index (χ0v) is 13.4. The predicted octanol–water partition coefficient (Wildman–Crippen LogP) is 4.29. The molecule has 0 aliphatic carbocycles. The summed E-state index contributed by atoms with van der Waals surface area (Å²) in [6.07, 6.45) is 1.75. The van der Waals surface area contributed by atoms with Crippen molar-refractivity contribution < 1.29 is 4.79 Å². The number of nitrogens with zero attached hydrogens (tertiary/aromatic N) is 1. The maximum Gasteiger partial charge on any atom is 0.251 e. The summed E-state index contributed by atoms with van der Waals surface area (Å²) in [4.78, 5) is 16.6. The van der Waals surface area contributed by atoms with E-state index in [4.69, 9.17) is 0 Å². The average Bonchev–Trinajstić information content (AvgIpc) is 2.59. The fourth-order valence-corrected chi connectivity index (χ4v) is 2.52. The molecule has 0 atom stereocenters. The van der Waals surface area contributed by atoms with Gasteiger partial charge in [-0.15, -0.1) is 0 Å². The summed E-state index contributed by atoms with van der Waals surface area (Å²) in [6, 6.07) is 17.8. The number of nitrogens with one attached hydrogen (secondary N) is 1. The summed E-state index contributed by atoms with van der Waals surface area (Å²) in [6.45, 7) is 4.87. The molecule has 1 aromatic heterocycles. The highest BCUT2D eigenvalue weighted by Crippen LogP contribution is 2.15. The maximum atomic E-state index is 12.3. The minimum atomic E-state index is -0.0660. The van der Waals surface area contributed by atoms with Crippen LogP contribution >= 0.6 is 0 Å². The third-order valence-electron chi connectivity index (χ3n) is 3.96. The van der Waals surface area contributed by atoms with E-state index < -0.39 is 0 Å². The predicted molar refractivity (Wildman–Crippen MR) is 93.4 cm³/mol. The van der Waals surface area contributed by atoms with Crippen LogP contribution in [0.5, 0.6) is 0 Å². The number of carbonyl (C=O) groups is 1. The van der Waals surface area contributed by atoms with Gasteiger partial charge in [-0.1, -0.05) is 44.2 Å². The normalized spacial score (nSPS) is 10.9. The molecule has 0 bridgehead atoms. The molecule has 0 saturated heterocycles. The quantitative estimate of drug-likeness (QED) is 0.781. The van der Waals surface area contributed by atoms with Crippen LogP contribution in [0.15, 0.2) is 60.8 Å². The van der Waals surface area contributed by atoms with Crippen LogP contribution < -0.4 is 5.32 Å². The molecule has 1 heterocycles. The second-order valence-electron chi connectivity index (χ2n) is 5.99. The molecule has 0 unspecified atom stereocenters. The first-order chi connectivity index (χ1) is 11.1. The van der Waals surface area contributed by atoms with Crippen molar-refractivity contribution in [2.24, 2.45) is 0 Å². The number of amides is 1. The van der Waals surface area contributed by atoms with Gasteiger partial charge in [0.2, 0.25) is 0 Å². The smallest absolute Gasteiger partial charge is 0.251 e. The van der Waals surface area contributed by atoms with Crippen LogP contribution in [0.4, 0.5) is 0 Å². The van der Waals surface area contributed by atoms with Crippen molar-refractivity contribution in [3.63, 3.8) is 0 Å². The van der Waals surface area contributed by atoms with Gasteiger partial charge >= 0.3 is 0 Å². The van der Waals surface area contributed by atoms with Gasteiger partial charge in [-0.3, -0.25) is 9.78 Å². The lowest BCUT2D eigenvalue weighted by Crippen LogP contribution is -2.22. The molecular weight excluding hydrogens is 284 g/mol. The van der Waals surface area contributed by atoms with E-state index >= 15 is 0 Å². The van der Waals surface area contributed by atoms with Crippen molar-refractivity contribution in [1.29, 1.82) is 0 Å². The highest BCUT2D eigenvalue weighted by molar-refractivity contribution is 5.97. The van der Waals surface area contributed by atoms with Crippen molar-refractivity contribution >= 4 is 16.8 Å². The Labute approximate surface area is 136 Å². The molecule has 0 saturated carbocycles. The number of pyridine rings is 1. The molecule has 0 spiro atoms. The van der Waals surface area contributed by atoms with Crippen LogP contribution in [0, 0.1) is 0 Å². The lowest BCUT2D eigenvalue weighted by Gasteiger charge is -2.09. The number of rotatable bonds is 4. The number of aromatic nitrogens is 1. The molecule has 116 valence electrons. The topological polar surface area (TPSA) is 42.0 Å². The van der Waals surface area contributed by atoms with Gasteiger partial charge in [-0.05, 0) is 41.3 Å². The van der Waals surface area contributed by atoms with Crippen LogP contribution in [0.25, 0.3) is 10.9 Å². The van der Waals surface area contributed by atoms with E-state index in [1.807, 2.05) is 30.3 Å². The Hall–Kier alpha value is -2.68. The third kappa shape index (κ3) is 3.57. The third-order valence-corrected chi connectivity index (χ3v) is 3.96. The van der Waals surface area contributed by atoms with Gasteiger partial charge in [0.1, 0.15) is 0 Å². The van der Waals surface area contributed by atoms with E-state index in [1.54, 1.807) is 6.20 Å². The van der Waals surface area contributed by atoms with E-state index in [-0.39, 0.29) is 5.91 Å². The van der Waals surface area contributed by atoms with Crippen LogP contribution in [0.1, 0.15) is 41.3 Å². The maximum absolute atomic E-state index is 12.3. The summed E-state index contributed by atoms with van der Waals surface area (Å²) in [5.74, 6) is 0.452. The van der Waals surface area contributed by atoms with E-state index in [2.05, 4.69) is 48.4 Å². The van der Waals surface area contributed by atoms with Crippen molar-refractivity contribution in [1.82, 2.24) is 10.3 Å². The number of benzene rings is 2. The summed E-state index contributed by atoms with van der Waals surface area (Å²) in [7, 11) is 0. The van der Waals surface area contributed by atoms with E-state index in [1.165, 1.54) is 5.56 Å². The zero-order valence-electron chi connectivity index (χ0n) is 13.4. The molecule has 0 aliphatic rings. The van der Waals surface area contributed by atoms with Crippen LogP contribution in [-0.4, -0.2) is 10.9 Å². The van der Waals surface area contributed by atoms with E-state index in [0.717, 1.165) is 16.5 Å². The van der Waals surface area contributed by atoms with Crippen LogP contribution in [0.2, 0.25) is 0 Å². The van der Waals surface area contributed by atoms with Gasteiger partial charge < -0.3 is 5.32 Å². The monoisotopic (exact) mass is 304 g/mol. The minimum absolute atomic E-state index is 0.0660. The van der Waals surface area contributed by atoms with Crippen molar-refractivity contribution in [3.05, 3.63) is 77.5 Å². The van der Waals surface area contributed by atoms with Gasteiger partial charge in [0.25, 0.3) is 5.91 Å². The average molecular weight is 304 g/mol. The first-order valence-corrected chi connectivity index (χ1v) is 7.85. The summed E-state index contributed by atoms with van der Waals surface area (Å²) in [5.41, 5.74) is 3.96. The van der Waals surface area contributed by atoms with Gasteiger partial charge in [0, 0.05) is 23.7 Å². The second-order valence-corrected chi connectivity index (χ2v) is 5.99. The van der Waals surface area contributed by atoms with Crippen LogP contribution in [-0.2, 0) is 6.54 Å². The molecule has 3 nitrogen and oxygen atoms in total. The van der Waals surface area contributed by atoms with Gasteiger partial charge in [-0.2, -0.15) is 0 Å². The Bertz CT molecular complexity index is 822. The molecule has 3 aromatic rings. The summed E-state index contributed by atoms with van der Waals surface area (Å²) in [5, 5.41) is 3.94. The first kappa shape index (κ1) is 15.2. The van der Waals surface area contributed by atoms with Gasteiger partial charge in [-0.25, -0.2) is 0 Å². The summed E-state index contributed by atoms with van der Waals surface area (Å²) >= 11 is 0. The number of carbonyl (C=O) groups excluding carboxylic acids is 1. The molecule has 1 amide bonds. The number of hydrogen-bond donors (Lipinski definition) is 1. The molecule has 0 fully saturated rings. The largest absolute Gasteiger partial charge is 0.348 e. The minimum Gasteiger partial charge on any atom is -0.348 e. The lowest BCUT2D eigenvalue weighted by atomic mass is 10.0. The van der Waals surface area contributed by atoms with Crippen molar-refractivity contribution in [2.45, 2.75) is 26.3 Å². The van der Waals surface area contributed by atoms with Crippen molar-refractivity contribution in [3.8, 4) is 0 Å². The van der Waals surface area contributed by atoms with Crippen molar-refractivity contribution in [2.75, 3.05) is 0 Å². The molecule has 3 rings (SSSR count). The SMILES string of the molecule is CC(C)c1ccc(CNC(=O)c2ccc3ncccc3c2)cc1. The molecule has 0 aliphatic heterocycles. The molecule has 0 radical (unpaired) electrons. The fraction of sp³-hybridized carbons (Fsp3) is 0.200. The highest BCUT2D eigenvalue weighted by atomic mass is 16.1. The molecule has 3 heteroatoms. The first-order valence-electron chi connectivity index (χ1n) is 7.85. The van der Waals surface area contributed by atoms with Gasteiger partial charge in [0.15, 0.2) is 0 Å². The number of fused-ring (bicyclic) bond motifs is 1. The Morgan fingerprint density at radius 2 is 1.87 bits per heavy atom. The Morgan fingerprint density at radius 3 is 2.61 bits per heavy atom. The molecule has 23 heavy (non-hydrogen) atoms. The fourth-order valence-electron chi connectivity index (χ4n) is 2.52. The Morgan fingerprint density at radius 1 is 1.09 bits per heavy atom. The van der Waals surface area contributed by atoms with E-state index in [0.29, 0.717) is 18.0 Å². The second kappa shape index (κ2) is 6.61. The Balaban J connectivity index is 1.68. The van der Waals surface area contributed by atoms with E-state index in [9.17, 15) is 4.79 Å². The molecular formula is C20H20N2O. The Kier molecular flexibility index (Phi) is 4.38. The molecule has 1 N–H and O–H groups in total. The molecule has 2 aromatic carbocycles. The zero-order chi connectivity index (χ0) is 16.2. The standard InChI is InChI=1S/C20H20N2O/c1-14(2)16-7-5-15(6-8-16)13-22-20(23)18-9-10-19-17(12-18)4-3-11-21-19/h3-12,14H,13H2,1-2H3,(H,22,23). The highest BCUT2D eigenvalue weighted by Gasteiger charge is 2.07. The van der Waals surface area contributed by atoms with Crippen LogP contribution in [0.3, 0.4) is 0 Å². The summed E-state index contributed by atoms with van der Waals surface area (Å²) < 4.78 is 0. The van der Waals surface area contributed by atoms with Gasteiger partial charge in [0.05, 0.1) is 5.52 Å².